The summed E-state index contributed by atoms with van der Waals surface area (Å²) in [7, 11) is 0. The van der Waals surface area contributed by atoms with Crippen molar-refractivity contribution in [2.24, 2.45) is 0 Å². The van der Waals surface area contributed by atoms with Gasteiger partial charge in [0.05, 0.1) is 0 Å². The van der Waals surface area contributed by atoms with E-state index in [4.69, 9.17) is 0 Å². The molecule has 0 amide bonds. The van der Waals surface area contributed by atoms with E-state index in [1.807, 2.05) is 20.8 Å². The largest absolute Gasteiger partial charge is 1.00 e. The number of rotatable bonds is 3. The van der Waals surface area contributed by atoms with Crippen LogP contribution in [0.5, 0.6) is 0 Å². The Morgan fingerprint density at radius 2 is 1.22 bits per heavy atom. The van der Waals surface area contributed by atoms with E-state index >= 15 is 0 Å². The zero-order valence-corrected chi connectivity index (χ0v) is 10.2. The summed E-state index contributed by atoms with van der Waals surface area (Å²) in [6.07, 6.45) is 2.29. The fourth-order valence-electron chi connectivity index (χ4n) is 0.750. The van der Waals surface area contributed by atoms with Crippen molar-refractivity contribution in [1.82, 2.24) is 0 Å². The van der Waals surface area contributed by atoms with Crippen LogP contribution in [0, 0.1) is 0 Å². The van der Waals surface area contributed by atoms with E-state index in [0.29, 0.717) is 0 Å². The van der Waals surface area contributed by atoms with Gasteiger partial charge in [0.15, 0.2) is 0 Å². The average molecular weight is 154 g/mol. The predicted octanol–water partition coefficient (Wildman–Crippen LogP) is -1.68. The van der Waals surface area contributed by atoms with Gasteiger partial charge >= 0.3 is 51.4 Å². The fourth-order valence-corrected chi connectivity index (χ4v) is 0.750. The molecule has 0 atom stereocenters. The molecule has 0 aliphatic rings. The molecule has 0 fully saturated rings. The Morgan fingerprint density at radius 1 is 1.00 bits per heavy atom. The van der Waals surface area contributed by atoms with Gasteiger partial charge in [-0.3, -0.25) is 0 Å². The van der Waals surface area contributed by atoms with Gasteiger partial charge < -0.3 is 5.11 Å². The van der Waals surface area contributed by atoms with Gasteiger partial charge in [0.2, 0.25) is 0 Å². The van der Waals surface area contributed by atoms with Crippen LogP contribution in [0.2, 0.25) is 0 Å². The van der Waals surface area contributed by atoms with E-state index in [2.05, 4.69) is 0 Å². The van der Waals surface area contributed by atoms with Crippen LogP contribution in [0.1, 0.15) is 40.0 Å². The monoisotopic (exact) mass is 154 g/mol. The van der Waals surface area contributed by atoms with Crippen LogP contribution in [0.15, 0.2) is 0 Å². The van der Waals surface area contributed by atoms with Crippen LogP contribution >= 0.6 is 0 Å². The second-order valence-corrected chi connectivity index (χ2v) is 2.24. The summed E-state index contributed by atoms with van der Waals surface area (Å²) in [5.41, 5.74) is -0.625. The summed E-state index contributed by atoms with van der Waals surface area (Å²) in [6, 6.07) is 0. The molecule has 0 N–H and O–H groups in total. The molecule has 0 bridgehead atoms. The van der Waals surface area contributed by atoms with E-state index in [-0.39, 0.29) is 51.4 Å². The van der Waals surface area contributed by atoms with E-state index in [9.17, 15) is 5.11 Å². The van der Waals surface area contributed by atoms with Crippen molar-refractivity contribution >= 4 is 0 Å². The Labute approximate surface area is 101 Å². The minimum absolute atomic E-state index is 0. The molecule has 0 spiro atoms. The fraction of sp³-hybridized carbons (Fsp3) is 1.00. The first kappa shape index (κ1) is 13.2. The molecule has 0 saturated carbocycles. The molecule has 0 aliphatic carbocycles. The van der Waals surface area contributed by atoms with Crippen molar-refractivity contribution in [3.8, 4) is 0 Å². The van der Waals surface area contributed by atoms with E-state index in [0.717, 1.165) is 19.3 Å². The molecule has 0 aromatic heterocycles. The Kier molecular flexibility index (Phi) is 9.27. The standard InChI is InChI=1S/C7H15O.K/c1-4-7(8,5-2)6-3;/h4-6H2,1-3H3;/q-1;+1. The minimum atomic E-state index is -0.625. The molecule has 0 heterocycles. The van der Waals surface area contributed by atoms with Gasteiger partial charge in [-0.1, -0.05) is 40.0 Å². The second-order valence-electron chi connectivity index (χ2n) is 2.24. The van der Waals surface area contributed by atoms with Crippen molar-refractivity contribution in [3.63, 3.8) is 0 Å². The predicted molar refractivity (Wildman–Crippen MR) is 33.6 cm³/mol. The maximum Gasteiger partial charge on any atom is 1.00 e. The third-order valence-corrected chi connectivity index (χ3v) is 1.93. The Morgan fingerprint density at radius 3 is 1.22 bits per heavy atom. The van der Waals surface area contributed by atoms with Crippen LogP contribution in [-0.4, -0.2) is 5.60 Å². The van der Waals surface area contributed by atoms with E-state index in [1.165, 1.54) is 0 Å². The number of hydrogen-bond acceptors (Lipinski definition) is 1. The van der Waals surface area contributed by atoms with Crippen molar-refractivity contribution < 1.29 is 56.5 Å². The molecule has 0 saturated heterocycles. The smallest absolute Gasteiger partial charge is 0.849 e. The summed E-state index contributed by atoms with van der Waals surface area (Å²) < 4.78 is 0. The van der Waals surface area contributed by atoms with Crippen molar-refractivity contribution in [3.05, 3.63) is 0 Å². The molecule has 0 aromatic rings. The van der Waals surface area contributed by atoms with Crippen molar-refractivity contribution in [2.45, 2.75) is 45.6 Å². The molecular weight excluding hydrogens is 139 g/mol. The zero-order valence-electron chi connectivity index (χ0n) is 7.03. The first-order valence-electron chi connectivity index (χ1n) is 3.39. The van der Waals surface area contributed by atoms with Crippen LogP contribution in [0.4, 0.5) is 0 Å². The van der Waals surface area contributed by atoms with Gasteiger partial charge in [-0.15, -0.1) is 5.60 Å². The van der Waals surface area contributed by atoms with Gasteiger partial charge in [0.25, 0.3) is 0 Å². The molecule has 0 aromatic carbocycles. The Bertz CT molecular complexity index is 51.7. The Hall–Kier alpha value is 1.60. The molecular formula is C7H15KO. The average Bonchev–Trinajstić information content (AvgIpc) is 1.87. The van der Waals surface area contributed by atoms with Gasteiger partial charge in [-0.25, -0.2) is 0 Å². The first-order valence-corrected chi connectivity index (χ1v) is 3.39. The van der Waals surface area contributed by atoms with Gasteiger partial charge in [-0.05, 0) is 0 Å². The summed E-state index contributed by atoms with van der Waals surface area (Å²) in [5, 5.41) is 11.2. The normalized spacial score (nSPS) is 10.7. The van der Waals surface area contributed by atoms with Crippen LogP contribution in [0.3, 0.4) is 0 Å². The molecule has 0 radical (unpaired) electrons. The maximum atomic E-state index is 11.2. The third-order valence-electron chi connectivity index (χ3n) is 1.93. The quantitative estimate of drug-likeness (QED) is 0.445. The van der Waals surface area contributed by atoms with Crippen LogP contribution in [0.25, 0.3) is 0 Å². The van der Waals surface area contributed by atoms with Gasteiger partial charge in [-0.2, -0.15) is 0 Å². The second kappa shape index (κ2) is 6.32. The molecule has 0 aliphatic heterocycles. The molecule has 0 unspecified atom stereocenters. The molecule has 2 heteroatoms. The SMILES string of the molecule is CCC([O-])(CC)CC.[K+]. The summed E-state index contributed by atoms with van der Waals surface area (Å²) >= 11 is 0. The van der Waals surface area contributed by atoms with Crippen molar-refractivity contribution in [2.75, 3.05) is 0 Å². The van der Waals surface area contributed by atoms with Gasteiger partial charge in [0, 0.05) is 0 Å². The molecule has 0 rings (SSSR count). The molecule has 50 valence electrons. The molecule has 1 nitrogen and oxygen atoms in total. The third kappa shape index (κ3) is 4.93. The Balaban J connectivity index is 0. The zero-order chi connectivity index (χ0) is 6.62. The van der Waals surface area contributed by atoms with Crippen LogP contribution < -0.4 is 56.5 Å². The molecule has 9 heavy (non-hydrogen) atoms. The summed E-state index contributed by atoms with van der Waals surface area (Å²) in [4.78, 5) is 0. The van der Waals surface area contributed by atoms with E-state index < -0.39 is 5.60 Å². The summed E-state index contributed by atoms with van der Waals surface area (Å²) in [6.45, 7) is 5.88. The topological polar surface area (TPSA) is 23.1 Å². The maximum absolute atomic E-state index is 11.2. The van der Waals surface area contributed by atoms with Crippen molar-refractivity contribution in [1.29, 1.82) is 0 Å². The van der Waals surface area contributed by atoms with E-state index in [1.54, 1.807) is 0 Å². The van der Waals surface area contributed by atoms with Crippen LogP contribution in [-0.2, 0) is 0 Å². The summed E-state index contributed by atoms with van der Waals surface area (Å²) in [5.74, 6) is 0. The van der Waals surface area contributed by atoms with Gasteiger partial charge in [0.1, 0.15) is 0 Å². The minimum Gasteiger partial charge on any atom is -0.849 e. The first-order chi connectivity index (χ1) is 3.68. The number of hydrogen-bond donors (Lipinski definition) is 0.